The van der Waals surface area contributed by atoms with E-state index in [0.29, 0.717) is 13.0 Å². The van der Waals surface area contributed by atoms with Crippen LogP contribution in [0.4, 0.5) is 0 Å². The molecule has 3 rings (SSSR count). The van der Waals surface area contributed by atoms with Gasteiger partial charge in [0, 0.05) is 32.2 Å². The van der Waals surface area contributed by atoms with Crippen molar-refractivity contribution in [3.05, 3.63) is 35.9 Å². The van der Waals surface area contributed by atoms with Crippen molar-refractivity contribution in [1.29, 1.82) is 0 Å². The molecule has 1 atom stereocenters. The van der Waals surface area contributed by atoms with Gasteiger partial charge >= 0.3 is 0 Å². The number of hydrogen-bond donors (Lipinski definition) is 1. The van der Waals surface area contributed by atoms with Gasteiger partial charge in [0.15, 0.2) is 0 Å². The molecule has 1 unspecified atom stereocenters. The molecule has 1 N–H and O–H groups in total. The minimum absolute atomic E-state index is 0.0151. The second-order valence-corrected chi connectivity index (χ2v) is 6.65. The third-order valence-electron chi connectivity index (χ3n) is 4.89. The highest BCUT2D eigenvalue weighted by atomic mass is 16.5. The lowest BCUT2D eigenvalue weighted by atomic mass is 10.0. The van der Waals surface area contributed by atoms with Crippen molar-refractivity contribution in [2.24, 2.45) is 0 Å². The minimum Gasteiger partial charge on any atom is -0.368 e. The summed E-state index contributed by atoms with van der Waals surface area (Å²) in [6.07, 6.45) is 4.52. The molecule has 2 heterocycles. The molecule has 2 aliphatic rings. The van der Waals surface area contributed by atoms with E-state index < -0.39 is 0 Å². The van der Waals surface area contributed by atoms with Gasteiger partial charge in [0.1, 0.15) is 6.10 Å². The van der Waals surface area contributed by atoms with Crippen LogP contribution in [-0.4, -0.2) is 48.6 Å². The normalized spacial score (nSPS) is 21.7. The van der Waals surface area contributed by atoms with Crippen LogP contribution in [0.25, 0.3) is 0 Å². The van der Waals surface area contributed by atoms with Gasteiger partial charge in [0.25, 0.3) is 0 Å². The molecule has 0 radical (unpaired) electrons. The summed E-state index contributed by atoms with van der Waals surface area (Å²) in [4.78, 5) is 26.3. The average molecular weight is 330 g/mol. The number of carbonyl (C=O) groups is 2. The molecule has 2 aliphatic heterocycles. The molecule has 0 aliphatic carbocycles. The van der Waals surface area contributed by atoms with Crippen molar-refractivity contribution in [2.75, 3.05) is 19.7 Å². The van der Waals surface area contributed by atoms with Crippen molar-refractivity contribution in [3.8, 4) is 0 Å². The molecule has 0 aromatic heterocycles. The Balaban J connectivity index is 1.38. The Kier molecular flexibility index (Phi) is 5.86. The molecule has 1 aromatic carbocycles. The van der Waals surface area contributed by atoms with Crippen LogP contribution in [-0.2, 0) is 20.7 Å². The molecular formula is C19H26N2O3. The summed E-state index contributed by atoms with van der Waals surface area (Å²) in [6, 6.07) is 10.3. The van der Waals surface area contributed by atoms with Gasteiger partial charge < -0.3 is 15.0 Å². The maximum absolute atomic E-state index is 12.3. The third-order valence-corrected chi connectivity index (χ3v) is 4.89. The standard InChI is InChI=1S/C19H26N2O3/c22-18(9-8-15-5-2-1-3-6-15)21-12-10-16(11-13-21)20-19(23)17-7-4-14-24-17/h1-3,5-6,16-17H,4,7-14H2,(H,20,23). The Morgan fingerprint density at radius 3 is 2.54 bits per heavy atom. The van der Waals surface area contributed by atoms with Crippen LogP contribution < -0.4 is 5.32 Å². The zero-order valence-electron chi connectivity index (χ0n) is 14.1. The third kappa shape index (κ3) is 4.57. The number of hydrogen-bond acceptors (Lipinski definition) is 3. The van der Waals surface area contributed by atoms with Gasteiger partial charge in [-0.05, 0) is 37.7 Å². The van der Waals surface area contributed by atoms with E-state index in [1.165, 1.54) is 5.56 Å². The SMILES string of the molecule is O=C(NC1CCN(C(=O)CCc2ccccc2)CC1)C1CCCO1. The maximum Gasteiger partial charge on any atom is 0.249 e. The fourth-order valence-electron chi connectivity index (χ4n) is 3.41. The van der Waals surface area contributed by atoms with Crippen LogP contribution in [0.5, 0.6) is 0 Å². The smallest absolute Gasteiger partial charge is 0.249 e. The highest BCUT2D eigenvalue weighted by molar-refractivity contribution is 5.81. The van der Waals surface area contributed by atoms with Gasteiger partial charge in [-0.25, -0.2) is 0 Å². The monoisotopic (exact) mass is 330 g/mol. The van der Waals surface area contributed by atoms with Gasteiger partial charge in [0.05, 0.1) is 0 Å². The first-order valence-electron chi connectivity index (χ1n) is 8.96. The molecule has 2 amide bonds. The Morgan fingerprint density at radius 1 is 1.12 bits per heavy atom. The van der Waals surface area contributed by atoms with E-state index in [0.717, 1.165) is 45.2 Å². The Bertz CT molecular complexity index is 547. The number of nitrogens with one attached hydrogen (secondary N) is 1. The van der Waals surface area contributed by atoms with Gasteiger partial charge in [-0.2, -0.15) is 0 Å². The number of piperidine rings is 1. The lowest BCUT2D eigenvalue weighted by Crippen LogP contribution is -2.48. The fourth-order valence-corrected chi connectivity index (χ4v) is 3.41. The maximum atomic E-state index is 12.3. The largest absolute Gasteiger partial charge is 0.368 e. The number of rotatable bonds is 5. The molecule has 0 bridgehead atoms. The molecule has 1 aromatic rings. The predicted octanol–water partition coefficient (Wildman–Crippen LogP) is 1.91. The van der Waals surface area contributed by atoms with Crippen LogP contribution >= 0.6 is 0 Å². The van der Waals surface area contributed by atoms with Crippen molar-refractivity contribution >= 4 is 11.8 Å². The summed E-state index contributed by atoms with van der Waals surface area (Å²) >= 11 is 0. The first-order valence-corrected chi connectivity index (χ1v) is 8.96. The number of likely N-dealkylation sites (tertiary alicyclic amines) is 1. The number of nitrogens with zero attached hydrogens (tertiary/aromatic N) is 1. The Labute approximate surface area is 143 Å². The first-order chi connectivity index (χ1) is 11.7. The van der Waals surface area contributed by atoms with E-state index in [1.54, 1.807) is 0 Å². The van der Waals surface area contributed by atoms with Crippen LogP contribution in [0.1, 0.15) is 37.7 Å². The molecule has 2 saturated heterocycles. The highest BCUT2D eigenvalue weighted by Crippen LogP contribution is 2.16. The number of benzene rings is 1. The zero-order valence-corrected chi connectivity index (χ0v) is 14.1. The van der Waals surface area contributed by atoms with Crippen molar-refractivity contribution < 1.29 is 14.3 Å². The molecule has 0 spiro atoms. The summed E-state index contributed by atoms with van der Waals surface area (Å²) in [5.74, 6) is 0.226. The van der Waals surface area contributed by atoms with E-state index in [1.807, 2.05) is 23.1 Å². The molecule has 0 saturated carbocycles. The number of amides is 2. The Hall–Kier alpha value is -1.88. The summed E-state index contributed by atoms with van der Waals surface area (Å²) in [7, 11) is 0. The molecule has 5 nitrogen and oxygen atoms in total. The quantitative estimate of drug-likeness (QED) is 0.897. The van der Waals surface area contributed by atoms with Gasteiger partial charge in [-0.1, -0.05) is 30.3 Å². The molecule has 5 heteroatoms. The highest BCUT2D eigenvalue weighted by Gasteiger charge is 2.28. The number of ether oxygens (including phenoxy) is 1. The van der Waals surface area contributed by atoms with Crippen LogP contribution in [0.3, 0.4) is 0 Å². The summed E-state index contributed by atoms with van der Waals surface area (Å²) in [5.41, 5.74) is 1.20. The molecule has 24 heavy (non-hydrogen) atoms. The van der Waals surface area contributed by atoms with E-state index in [-0.39, 0.29) is 24.0 Å². The van der Waals surface area contributed by atoms with Crippen molar-refractivity contribution in [3.63, 3.8) is 0 Å². The summed E-state index contributed by atoms with van der Waals surface area (Å²) in [5, 5.41) is 3.08. The summed E-state index contributed by atoms with van der Waals surface area (Å²) in [6.45, 7) is 2.14. The van der Waals surface area contributed by atoms with Crippen molar-refractivity contribution in [2.45, 2.75) is 50.7 Å². The predicted molar refractivity (Wildman–Crippen MR) is 91.5 cm³/mol. The average Bonchev–Trinajstić information content (AvgIpc) is 3.16. The van der Waals surface area contributed by atoms with Crippen LogP contribution in [0, 0.1) is 0 Å². The van der Waals surface area contributed by atoms with Gasteiger partial charge in [-0.15, -0.1) is 0 Å². The van der Waals surface area contributed by atoms with E-state index >= 15 is 0 Å². The Morgan fingerprint density at radius 2 is 1.88 bits per heavy atom. The lowest BCUT2D eigenvalue weighted by Gasteiger charge is -2.33. The minimum atomic E-state index is -0.268. The van der Waals surface area contributed by atoms with Gasteiger partial charge in [0.2, 0.25) is 11.8 Å². The number of aryl methyl sites for hydroxylation is 1. The van der Waals surface area contributed by atoms with Crippen LogP contribution in [0.15, 0.2) is 30.3 Å². The van der Waals surface area contributed by atoms with E-state index in [2.05, 4.69) is 17.4 Å². The lowest BCUT2D eigenvalue weighted by molar-refractivity contribution is -0.133. The zero-order chi connectivity index (χ0) is 16.8. The van der Waals surface area contributed by atoms with Crippen molar-refractivity contribution in [1.82, 2.24) is 10.2 Å². The van der Waals surface area contributed by atoms with Gasteiger partial charge in [-0.3, -0.25) is 9.59 Å². The van der Waals surface area contributed by atoms with E-state index in [9.17, 15) is 9.59 Å². The fraction of sp³-hybridized carbons (Fsp3) is 0.579. The number of carbonyl (C=O) groups excluding carboxylic acids is 2. The first kappa shape index (κ1) is 17.0. The molecule has 130 valence electrons. The van der Waals surface area contributed by atoms with Crippen LogP contribution in [0.2, 0.25) is 0 Å². The molecule has 2 fully saturated rings. The second-order valence-electron chi connectivity index (χ2n) is 6.65. The topological polar surface area (TPSA) is 58.6 Å². The molecular weight excluding hydrogens is 304 g/mol. The second kappa shape index (κ2) is 8.29. The van der Waals surface area contributed by atoms with E-state index in [4.69, 9.17) is 4.74 Å². The summed E-state index contributed by atoms with van der Waals surface area (Å²) < 4.78 is 5.41.